The number of carbonyl (C=O) groups is 2. The lowest BCUT2D eigenvalue weighted by atomic mass is 10.2. The molecule has 0 fully saturated rings. The Morgan fingerprint density at radius 3 is 2.20 bits per heavy atom. The Morgan fingerprint density at radius 2 is 1.60 bits per heavy atom. The van der Waals surface area contributed by atoms with Crippen LogP contribution >= 0.6 is 0 Å². The number of hydrogen-bond donors (Lipinski definition) is 2. The Hall–Kier alpha value is -3.02. The molecule has 0 saturated heterocycles. The highest BCUT2D eigenvalue weighted by atomic mass is 16.5. The standard InChI is InChI=1S/C19H22N2O4/c1-3-12-25-19(23)14-4-6-15(7-5-14)20-13-18(22)21-16-8-10-17(24-2)11-9-16/h4-11,20H,3,12-13H2,1-2H3,(H,21,22). The fourth-order valence-electron chi connectivity index (χ4n) is 2.06. The first-order valence-electron chi connectivity index (χ1n) is 8.07. The van der Waals surface area contributed by atoms with Crippen LogP contribution in [0.5, 0.6) is 5.75 Å². The minimum Gasteiger partial charge on any atom is -0.497 e. The molecule has 0 heterocycles. The summed E-state index contributed by atoms with van der Waals surface area (Å²) in [6, 6.07) is 13.9. The SMILES string of the molecule is CCCOC(=O)c1ccc(NCC(=O)Nc2ccc(OC)cc2)cc1. The molecule has 132 valence electrons. The molecule has 0 atom stereocenters. The van der Waals surface area contributed by atoms with Crippen LogP contribution in [0.3, 0.4) is 0 Å². The van der Waals surface area contributed by atoms with Gasteiger partial charge in [-0.3, -0.25) is 4.79 Å². The monoisotopic (exact) mass is 342 g/mol. The zero-order chi connectivity index (χ0) is 18.1. The van der Waals surface area contributed by atoms with Crippen molar-refractivity contribution >= 4 is 23.3 Å². The molecule has 0 unspecified atom stereocenters. The third-order valence-corrected chi connectivity index (χ3v) is 3.38. The van der Waals surface area contributed by atoms with E-state index in [2.05, 4.69) is 10.6 Å². The molecule has 0 aliphatic carbocycles. The molecule has 2 rings (SSSR count). The van der Waals surface area contributed by atoms with Gasteiger partial charge in [-0.15, -0.1) is 0 Å². The minimum absolute atomic E-state index is 0.117. The summed E-state index contributed by atoms with van der Waals surface area (Å²) in [6.07, 6.45) is 0.786. The van der Waals surface area contributed by atoms with E-state index in [1.54, 1.807) is 55.6 Å². The zero-order valence-corrected chi connectivity index (χ0v) is 14.4. The van der Waals surface area contributed by atoms with E-state index in [0.717, 1.165) is 17.9 Å². The van der Waals surface area contributed by atoms with E-state index in [9.17, 15) is 9.59 Å². The second-order valence-electron chi connectivity index (χ2n) is 5.34. The van der Waals surface area contributed by atoms with E-state index < -0.39 is 0 Å². The first-order valence-corrected chi connectivity index (χ1v) is 8.07. The van der Waals surface area contributed by atoms with Crippen molar-refractivity contribution in [2.75, 3.05) is 30.9 Å². The van der Waals surface area contributed by atoms with Crippen LogP contribution in [0.1, 0.15) is 23.7 Å². The van der Waals surface area contributed by atoms with Crippen molar-refractivity contribution in [1.29, 1.82) is 0 Å². The Kier molecular flexibility index (Phi) is 6.83. The molecule has 0 saturated carbocycles. The Morgan fingerprint density at radius 1 is 0.960 bits per heavy atom. The number of amides is 1. The summed E-state index contributed by atoms with van der Waals surface area (Å²) in [6.45, 7) is 2.47. The predicted molar refractivity (Wildman–Crippen MR) is 97.1 cm³/mol. The number of hydrogen-bond acceptors (Lipinski definition) is 5. The Balaban J connectivity index is 1.81. The van der Waals surface area contributed by atoms with Crippen LogP contribution < -0.4 is 15.4 Å². The van der Waals surface area contributed by atoms with Gasteiger partial charge in [0.2, 0.25) is 5.91 Å². The summed E-state index contributed by atoms with van der Waals surface area (Å²) < 4.78 is 10.1. The number of carbonyl (C=O) groups excluding carboxylic acids is 2. The lowest BCUT2D eigenvalue weighted by molar-refractivity contribution is -0.114. The number of rotatable bonds is 8. The van der Waals surface area contributed by atoms with Crippen molar-refractivity contribution in [1.82, 2.24) is 0 Å². The second-order valence-corrected chi connectivity index (χ2v) is 5.34. The predicted octanol–water partition coefficient (Wildman–Crippen LogP) is 3.31. The van der Waals surface area contributed by atoms with Crippen molar-refractivity contribution in [3.63, 3.8) is 0 Å². The van der Waals surface area contributed by atoms with Gasteiger partial charge in [-0.1, -0.05) is 6.92 Å². The Labute approximate surface area is 147 Å². The lowest BCUT2D eigenvalue weighted by Crippen LogP contribution is -2.21. The molecule has 0 aliphatic rings. The van der Waals surface area contributed by atoms with Crippen LogP contribution in [0.2, 0.25) is 0 Å². The highest BCUT2D eigenvalue weighted by Crippen LogP contribution is 2.15. The van der Waals surface area contributed by atoms with E-state index in [0.29, 0.717) is 17.9 Å². The number of anilines is 2. The van der Waals surface area contributed by atoms with Crippen molar-refractivity contribution in [3.05, 3.63) is 54.1 Å². The van der Waals surface area contributed by atoms with Crippen LogP contribution in [-0.4, -0.2) is 32.1 Å². The molecule has 1 amide bonds. The third kappa shape index (κ3) is 5.84. The maximum absolute atomic E-state index is 12.0. The first-order chi connectivity index (χ1) is 12.1. The average Bonchev–Trinajstić information content (AvgIpc) is 2.65. The molecular weight excluding hydrogens is 320 g/mol. The fraction of sp³-hybridized carbons (Fsp3) is 0.263. The highest BCUT2D eigenvalue weighted by molar-refractivity contribution is 5.94. The summed E-state index contributed by atoms with van der Waals surface area (Å²) in [7, 11) is 1.59. The summed E-state index contributed by atoms with van der Waals surface area (Å²) >= 11 is 0. The van der Waals surface area contributed by atoms with Crippen LogP contribution in [-0.2, 0) is 9.53 Å². The average molecular weight is 342 g/mol. The van der Waals surface area contributed by atoms with Gasteiger partial charge in [-0.25, -0.2) is 4.79 Å². The molecule has 0 radical (unpaired) electrons. The van der Waals surface area contributed by atoms with E-state index in [1.165, 1.54) is 0 Å². The highest BCUT2D eigenvalue weighted by Gasteiger charge is 2.07. The molecule has 0 spiro atoms. The van der Waals surface area contributed by atoms with Gasteiger partial charge in [0.15, 0.2) is 0 Å². The zero-order valence-electron chi connectivity index (χ0n) is 14.4. The number of esters is 1. The summed E-state index contributed by atoms with van der Waals surface area (Å²) in [5, 5.41) is 5.79. The van der Waals surface area contributed by atoms with Gasteiger partial charge in [-0.05, 0) is 55.0 Å². The van der Waals surface area contributed by atoms with Crippen molar-refractivity contribution < 1.29 is 19.1 Å². The molecule has 25 heavy (non-hydrogen) atoms. The molecule has 0 aliphatic heterocycles. The van der Waals surface area contributed by atoms with E-state index in [4.69, 9.17) is 9.47 Å². The molecule has 0 bridgehead atoms. The number of methoxy groups -OCH3 is 1. The van der Waals surface area contributed by atoms with E-state index in [-0.39, 0.29) is 18.4 Å². The first kappa shape index (κ1) is 18.3. The van der Waals surface area contributed by atoms with Crippen LogP contribution in [0.15, 0.2) is 48.5 Å². The largest absolute Gasteiger partial charge is 0.497 e. The van der Waals surface area contributed by atoms with Crippen molar-refractivity contribution in [3.8, 4) is 5.75 Å². The molecular formula is C19H22N2O4. The van der Waals surface area contributed by atoms with Crippen LogP contribution in [0.4, 0.5) is 11.4 Å². The number of ether oxygens (including phenoxy) is 2. The van der Waals surface area contributed by atoms with E-state index >= 15 is 0 Å². The lowest BCUT2D eigenvalue weighted by Gasteiger charge is -2.09. The van der Waals surface area contributed by atoms with Gasteiger partial charge in [-0.2, -0.15) is 0 Å². The third-order valence-electron chi connectivity index (χ3n) is 3.38. The molecule has 0 aromatic heterocycles. The maximum Gasteiger partial charge on any atom is 0.338 e. The molecule has 6 nitrogen and oxygen atoms in total. The quantitative estimate of drug-likeness (QED) is 0.720. The van der Waals surface area contributed by atoms with Gasteiger partial charge < -0.3 is 20.1 Å². The van der Waals surface area contributed by atoms with Crippen molar-refractivity contribution in [2.45, 2.75) is 13.3 Å². The van der Waals surface area contributed by atoms with Crippen LogP contribution in [0.25, 0.3) is 0 Å². The molecule has 2 aromatic carbocycles. The minimum atomic E-state index is -0.342. The summed E-state index contributed by atoms with van der Waals surface area (Å²) in [5.41, 5.74) is 1.93. The normalized spacial score (nSPS) is 10.0. The topological polar surface area (TPSA) is 76.7 Å². The molecule has 6 heteroatoms. The van der Waals surface area contributed by atoms with Crippen LogP contribution in [0, 0.1) is 0 Å². The van der Waals surface area contributed by atoms with Gasteiger partial charge in [0.05, 0.1) is 25.8 Å². The molecule has 2 N–H and O–H groups in total. The maximum atomic E-state index is 12.0. The van der Waals surface area contributed by atoms with Gasteiger partial charge in [0, 0.05) is 11.4 Å². The fourth-order valence-corrected chi connectivity index (χ4v) is 2.06. The molecule has 2 aromatic rings. The summed E-state index contributed by atoms with van der Waals surface area (Å²) in [4.78, 5) is 23.7. The van der Waals surface area contributed by atoms with Gasteiger partial charge in [0.25, 0.3) is 0 Å². The smallest absolute Gasteiger partial charge is 0.338 e. The number of benzene rings is 2. The van der Waals surface area contributed by atoms with Crippen molar-refractivity contribution in [2.24, 2.45) is 0 Å². The second kappa shape index (κ2) is 9.32. The van der Waals surface area contributed by atoms with E-state index in [1.807, 2.05) is 6.92 Å². The Bertz CT molecular complexity index is 696. The number of nitrogens with one attached hydrogen (secondary N) is 2. The van der Waals surface area contributed by atoms with Gasteiger partial charge >= 0.3 is 5.97 Å². The van der Waals surface area contributed by atoms with Gasteiger partial charge in [0.1, 0.15) is 5.75 Å². The summed E-state index contributed by atoms with van der Waals surface area (Å²) in [5.74, 6) is 0.218.